The fourth-order valence-corrected chi connectivity index (χ4v) is 3.35. The van der Waals surface area contributed by atoms with Gasteiger partial charge in [-0.3, -0.25) is 0 Å². The summed E-state index contributed by atoms with van der Waals surface area (Å²) in [7, 11) is 2.09. The van der Waals surface area contributed by atoms with Crippen molar-refractivity contribution in [2.45, 2.75) is 19.1 Å². The maximum atomic E-state index is 14.0. The van der Waals surface area contributed by atoms with Gasteiger partial charge in [0.15, 0.2) is 11.6 Å². The van der Waals surface area contributed by atoms with E-state index in [-0.39, 0.29) is 11.9 Å². The molecule has 0 bridgehead atoms. The van der Waals surface area contributed by atoms with Gasteiger partial charge in [-0.15, -0.1) is 0 Å². The third kappa shape index (κ3) is 3.44. The van der Waals surface area contributed by atoms with Crippen molar-refractivity contribution in [3.63, 3.8) is 0 Å². The highest BCUT2D eigenvalue weighted by Gasteiger charge is 2.24. The molecule has 1 aromatic heterocycles. The maximum Gasteiger partial charge on any atom is 0.165 e. The number of hydrogen-bond acceptors (Lipinski definition) is 4. The highest BCUT2D eigenvalue weighted by Crippen LogP contribution is 2.33. The van der Waals surface area contributed by atoms with Gasteiger partial charge in [0.05, 0.1) is 5.69 Å². The topological polar surface area (TPSA) is 38.2 Å². The molecule has 0 aliphatic carbocycles. The molecule has 2 heterocycles. The van der Waals surface area contributed by atoms with E-state index in [1.165, 1.54) is 11.6 Å². The van der Waals surface area contributed by atoms with Gasteiger partial charge in [0.1, 0.15) is 6.10 Å². The van der Waals surface area contributed by atoms with Crippen LogP contribution in [0, 0.1) is 5.82 Å². The van der Waals surface area contributed by atoms with Gasteiger partial charge in [0.2, 0.25) is 0 Å². The predicted molar refractivity (Wildman–Crippen MR) is 98.2 cm³/mol. The van der Waals surface area contributed by atoms with Gasteiger partial charge >= 0.3 is 0 Å². The molecule has 0 spiro atoms. The molecule has 26 heavy (non-hydrogen) atoms. The first kappa shape index (κ1) is 16.7. The summed E-state index contributed by atoms with van der Waals surface area (Å²) in [4.78, 5) is 2.25. The lowest BCUT2D eigenvalue weighted by Crippen LogP contribution is -2.18. The monoisotopic (exact) mass is 349 g/mol. The zero-order valence-corrected chi connectivity index (χ0v) is 14.6. The molecule has 1 atom stereocenters. The quantitative estimate of drug-likeness (QED) is 0.709. The van der Waals surface area contributed by atoms with Crippen LogP contribution in [0.3, 0.4) is 0 Å². The molecule has 0 radical (unpaired) electrons. The zero-order valence-electron chi connectivity index (χ0n) is 14.6. The number of para-hydroxylation sites is 1. The summed E-state index contributed by atoms with van der Waals surface area (Å²) in [5.74, 6) is -0.0335. The molecular weight excluding hydrogens is 329 g/mol. The molecule has 4 nitrogen and oxygen atoms in total. The number of hydrogen-bond donors (Lipinski definition) is 0. The highest BCUT2D eigenvalue weighted by atomic mass is 19.1. The number of fused-ring (bicyclic) bond motifs is 1. The van der Waals surface area contributed by atoms with E-state index in [1.54, 1.807) is 24.4 Å². The first-order valence-electron chi connectivity index (χ1n) is 8.71. The molecule has 1 aliphatic heterocycles. The summed E-state index contributed by atoms with van der Waals surface area (Å²) in [5.41, 5.74) is 4.14. The van der Waals surface area contributed by atoms with Crippen LogP contribution in [-0.2, 0) is 6.54 Å². The van der Waals surface area contributed by atoms with Gasteiger partial charge in [-0.1, -0.05) is 24.3 Å². The van der Waals surface area contributed by atoms with Crippen molar-refractivity contribution in [2.75, 3.05) is 13.6 Å². The van der Waals surface area contributed by atoms with Crippen molar-refractivity contribution < 1.29 is 9.13 Å². The lowest BCUT2D eigenvalue weighted by atomic mass is 9.97. The van der Waals surface area contributed by atoms with E-state index < -0.39 is 0 Å². The fourth-order valence-electron chi connectivity index (χ4n) is 3.35. The van der Waals surface area contributed by atoms with E-state index in [9.17, 15) is 4.39 Å². The average molecular weight is 349 g/mol. The molecular formula is C21H20FN3O. The van der Waals surface area contributed by atoms with Gasteiger partial charge in [-0.2, -0.15) is 10.2 Å². The van der Waals surface area contributed by atoms with Gasteiger partial charge in [0, 0.05) is 31.3 Å². The summed E-state index contributed by atoms with van der Waals surface area (Å²) < 4.78 is 20.1. The largest absolute Gasteiger partial charge is 0.483 e. The number of aromatic nitrogens is 2. The van der Waals surface area contributed by atoms with E-state index in [1.807, 2.05) is 18.2 Å². The first-order chi connectivity index (χ1) is 12.7. The normalized spacial score (nSPS) is 17.4. The number of ether oxygens (including phenoxy) is 1. The lowest BCUT2D eigenvalue weighted by Gasteiger charge is -2.20. The summed E-state index contributed by atoms with van der Waals surface area (Å²) >= 11 is 0. The predicted octanol–water partition coefficient (Wildman–Crippen LogP) is 4.24. The standard InChI is InChI=1S/C21H20FN3O/c1-25-12-10-20(26-21-7-3-2-5-18(21)22)17-9-8-15(13-16(17)14-25)19-6-4-11-23-24-19/h2-9,11,13,20H,10,12,14H2,1H3. The minimum Gasteiger partial charge on any atom is -0.483 e. The van der Waals surface area contributed by atoms with Crippen LogP contribution in [0.2, 0.25) is 0 Å². The Morgan fingerprint density at radius 1 is 1.12 bits per heavy atom. The zero-order chi connectivity index (χ0) is 17.9. The van der Waals surface area contributed by atoms with Crippen molar-refractivity contribution in [3.05, 3.63) is 77.7 Å². The van der Waals surface area contributed by atoms with Gasteiger partial charge in [-0.25, -0.2) is 4.39 Å². The number of benzene rings is 2. The molecule has 0 saturated carbocycles. The Morgan fingerprint density at radius 3 is 2.81 bits per heavy atom. The molecule has 2 aromatic carbocycles. The molecule has 0 N–H and O–H groups in total. The van der Waals surface area contributed by atoms with E-state index >= 15 is 0 Å². The second-order valence-corrected chi connectivity index (χ2v) is 6.59. The Hall–Kier alpha value is -2.79. The summed E-state index contributed by atoms with van der Waals surface area (Å²) in [6.45, 7) is 1.70. The third-order valence-corrected chi connectivity index (χ3v) is 4.68. The van der Waals surface area contributed by atoms with E-state index in [0.717, 1.165) is 36.3 Å². The fraction of sp³-hybridized carbons (Fsp3) is 0.238. The Morgan fingerprint density at radius 2 is 2.00 bits per heavy atom. The smallest absolute Gasteiger partial charge is 0.165 e. The molecule has 1 unspecified atom stereocenters. The summed E-state index contributed by atoms with van der Waals surface area (Å²) in [6, 6.07) is 16.6. The Balaban J connectivity index is 1.70. The van der Waals surface area contributed by atoms with Crippen LogP contribution in [0.15, 0.2) is 60.8 Å². The van der Waals surface area contributed by atoms with Crippen LogP contribution in [-0.4, -0.2) is 28.7 Å². The second-order valence-electron chi connectivity index (χ2n) is 6.59. The molecule has 3 aromatic rings. The van der Waals surface area contributed by atoms with Crippen molar-refractivity contribution in [1.29, 1.82) is 0 Å². The Kier molecular flexibility index (Phi) is 4.63. The Labute approximate surface area is 152 Å². The van der Waals surface area contributed by atoms with Gasteiger partial charge in [0.25, 0.3) is 0 Å². The third-order valence-electron chi connectivity index (χ3n) is 4.68. The minimum absolute atomic E-state index is 0.178. The van der Waals surface area contributed by atoms with Crippen molar-refractivity contribution >= 4 is 0 Å². The van der Waals surface area contributed by atoms with Crippen LogP contribution in [0.5, 0.6) is 5.75 Å². The summed E-state index contributed by atoms with van der Waals surface area (Å²) in [5, 5.41) is 8.15. The van der Waals surface area contributed by atoms with Crippen LogP contribution in [0.4, 0.5) is 4.39 Å². The van der Waals surface area contributed by atoms with Crippen molar-refractivity contribution in [2.24, 2.45) is 0 Å². The van der Waals surface area contributed by atoms with Crippen molar-refractivity contribution in [3.8, 4) is 17.0 Å². The van der Waals surface area contributed by atoms with Crippen LogP contribution in [0.1, 0.15) is 23.7 Å². The molecule has 0 amide bonds. The second kappa shape index (κ2) is 7.22. The van der Waals surface area contributed by atoms with Crippen molar-refractivity contribution in [1.82, 2.24) is 15.1 Å². The first-order valence-corrected chi connectivity index (χ1v) is 8.71. The SMILES string of the molecule is CN1CCC(Oc2ccccc2F)c2ccc(-c3cccnn3)cc2C1. The maximum absolute atomic E-state index is 14.0. The Bertz CT molecular complexity index is 901. The number of nitrogens with zero attached hydrogens (tertiary/aromatic N) is 3. The minimum atomic E-state index is -0.331. The average Bonchev–Trinajstić information content (AvgIpc) is 2.82. The van der Waals surface area contributed by atoms with Crippen LogP contribution >= 0.6 is 0 Å². The molecule has 132 valence electrons. The molecule has 4 rings (SSSR count). The molecule has 0 saturated heterocycles. The number of halogens is 1. The molecule has 0 fully saturated rings. The van der Waals surface area contributed by atoms with E-state index in [0.29, 0.717) is 5.75 Å². The lowest BCUT2D eigenvalue weighted by molar-refractivity contribution is 0.175. The van der Waals surface area contributed by atoms with Crippen LogP contribution < -0.4 is 4.74 Å². The van der Waals surface area contributed by atoms with Crippen LogP contribution in [0.25, 0.3) is 11.3 Å². The highest BCUT2D eigenvalue weighted by molar-refractivity contribution is 5.60. The van der Waals surface area contributed by atoms with E-state index in [4.69, 9.17) is 4.74 Å². The van der Waals surface area contributed by atoms with Gasteiger partial charge in [-0.05, 0) is 48.5 Å². The van der Waals surface area contributed by atoms with E-state index in [2.05, 4.69) is 34.3 Å². The summed E-state index contributed by atoms with van der Waals surface area (Å²) in [6.07, 6.45) is 2.30. The molecule has 5 heteroatoms. The van der Waals surface area contributed by atoms with Gasteiger partial charge < -0.3 is 9.64 Å². The molecule has 1 aliphatic rings. The number of rotatable bonds is 3.